The summed E-state index contributed by atoms with van der Waals surface area (Å²) < 4.78 is 0. The van der Waals surface area contributed by atoms with Gasteiger partial charge in [-0.05, 0) is 18.9 Å². The summed E-state index contributed by atoms with van der Waals surface area (Å²) in [6.07, 6.45) is 6.55. The number of nitrogens with zero attached hydrogens (tertiary/aromatic N) is 2. The summed E-state index contributed by atoms with van der Waals surface area (Å²) in [7, 11) is 1.69. The predicted molar refractivity (Wildman–Crippen MR) is 69.6 cm³/mol. The van der Waals surface area contributed by atoms with Crippen LogP contribution in [0.2, 0.25) is 5.02 Å². The summed E-state index contributed by atoms with van der Waals surface area (Å²) in [5.74, 6) is -0.178. The highest BCUT2D eigenvalue weighted by atomic mass is 35.5. The lowest BCUT2D eigenvalue weighted by Gasteiger charge is -2.28. The molecular weight excluding hydrogens is 252 g/mol. The maximum atomic E-state index is 12.2. The number of rotatable bonds is 3. The molecular formula is C13H17ClN2O2. The minimum absolute atomic E-state index is 0.178. The first-order valence-corrected chi connectivity index (χ1v) is 6.47. The molecule has 1 saturated carbocycles. The highest BCUT2D eigenvalue weighted by Gasteiger charge is 2.33. The van der Waals surface area contributed by atoms with Crippen LogP contribution in [0, 0.1) is 0 Å². The average molecular weight is 269 g/mol. The molecule has 1 N–H and O–H groups in total. The fourth-order valence-electron chi connectivity index (χ4n) is 2.46. The van der Waals surface area contributed by atoms with E-state index >= 15 is 0 Å². The molecule has 98 valence electrons. The van der Waals surface area contributed by atoms with Gasteiger partial charge in [0.25, 0.3) is 5.91 Å². The lowest BCUT2D eigenvalue weighted by Crippen LogP contribution is -2.42. The highest BCUT2D eigenvalue weighted by Crippen LogP contribution is 2.30. The number of halogens is 1. The molecule has 1 aliphatic rings. The van der Waals surface area contributed by atoms with Crippen LogP contribution in [0.25, 0.3) is 0 Å². The van der Waals surface area contributed by atoms with Gasteiger partial charge in [-0.15, -0.1) is 0 Å². The number of amides is 1. The van der Waals surface area contributed by atoms with E-state index in [1.54, 1.807) is 13.1 Å². The van der Waals surface area contributed by atoms with E-state index in [1.807, 2.05) is 0 Å². The Balaban J connectivity index is 2.07. The first-order valence-electron chi connectivity index (χ1n) is 6.09. The number of hydrogen-bond donors (Lipinski definition) is 1. The molecule has 1 aliphatic carbocycles. The fourth-order valence-corrected chi connectivity index (χ4v) is 2.66. The predicted octanol–water partition coefficient (Wildman–Crippen LogP) is 2.11. The maximum Gasteiger partial charge on any atom is 0.255 e. The van der Waals surface area contributed by atoms with Crippen molar-refractivity contribution in [3.63, 3.8) is 0 Å². The largest absolute Gasteiger partial charge is 0.388 e. The molecule has 0 aliphatic heterocycles. The molecule has 0 unspecified atom stereocenters. The van der Waals surface area contributed by atoms with Gasteiger partial charge in [-0.3, -0.25) is 9.78 Å². The molecule has 1 amide bonds. The Morgan fingerprint density at radius 1 is 1.56 bits per heavy atom. The number of carbonyl (C=O) groups is 1. The Kier molecular flexibility index (Phi) is 3.88. The van der Waals surface area contributed by atoms with Crippen molar-refractivity contribution in [3.8, 4) is 0 Å². The van der Waals surface area contributed by atoms with Gasteiger partial charge < -0.3 is 10.0 Å². The molecule has 1 fully saturated rings. The second kappa shape index (κ2) is 5.24. The van der Waals surface area contributed by atoms with E-state index < -0.39 is 5.60 Å². The van der Waals surface area contributed by atoms with Crippen LogP contribution < -0.4 is 0 Å². The first kappa shape index (κ1) is 13.3. The quantitative estimate of drug-likeness (QED) is 0.914. The monoisotopic (exact) mass is 268 g/mol. The van der Waals surface area contributed by atoms with Crippen LogP contribution in [0.4, 0.5) is 0 Å². The summed E-state index contributed by atoms with van der Waals surface area (Å²) in [5, 5.41) is 10.6. The van der Waals surface area contributed by atoms with Gasteiger partial charge in [-0.2, -0.15) is 0 Å². The fraction of sp³-hybridized carbons (Fsp3) is 0.538. The van der Waals surface area contributed by atoms with Crippen molar-refractivity contribution in [2.45, 2.75) is 31.3 Å². The topological polar surface area (TPSA) is 53.4 Å². The molecule has 1 aromatic rings. The lowest BCUT2D eigenvalue weighted by molar-refractivity contribution is 0.0157. The van der Waals surface area contributed by atoms with Crippen LogP contribution in [0.1, 0.15) is 36.0 Å². The van der Waals surface area contributed by atoms with Crippen molar-refractivity contribution in [1.82, 2.24) is 9.88 Å². The summed E-state index contributed by atoms with van der Waals surface area (Å²) in [5.41, 5.74) is -0.306. The number of aliphatic hydroxyl groups is 1. The molecule has 5 heteroatoms. The number of likely N-dealkylation sites (N-methyl/N-ethyl adjacent to an activating group) is 1. The van der Waals surface area contributed by atoms with E-state index in [9.17, 15) is 9.90 Å². The van der Waals surface area contributed by atoms with E-state index in [4.69, 9.17) is 11.6 Å². The zero-order valence-electron chi connectivity index (χ0n) is 10.4. The van der Waals surface area contributed by atoms with Crippen molar-refractivity contribution in [1.29, 1.82) is 0 Å². The van der Waals surface area contributed by atoms with Gasteiger partial charge >= 0.3 is 0 Å². The Labute approximate surface area is 112 Å². The third-order valence-corrected chi connectivity index (χ3v) is 3.72. The third-order valence-electron chi connectivity index (χ3n) is 3.42. The van der Waals surface area contributed by atoms with Gasteiger partial charge in [-0.1, -0.05) is 24.4 Å². The van der Waals surface area contributed by atoms with E-state index in [1.165, 1.54) is 17.3 Å². The molecule has 0 radical (unpaired) electrons. The third kappa shape index (κ3) is 2.82. The second-order valence-electron chi connectivity index (χ2n) is 4.95. The van der Waals surface area contributed by atoms with Crippen molar-refractivity contribution < 1.29 is 9.90 Å². The van der Waals surface area contributed by atoms with E-state index in [0.717, 1.165) is 25.7 Å². The Hall–Kier alpha value is -1.13. The van der Waals surface area contributed by atoms with Gasteiger partial charge in [0, 0.05) is 26.0 Å². The maximum absolute atomic E-state index is 12.2. The van der Waals surface area contributed by atoms with Crippen molar-refractivity contribution in [2.24, 2.45) is 0 Å². The summed E-state index contributed by atoms with van der Waals surface area (Å²) in [6.45, 7) is 0.352. The minimum atomic E-state index is -0.732. The Bertz CT molecular complexity index is 444. The molecule has 1 aromatic heterocycles. The molecule has 4 nitrogen and oxygen atoms in total. The lowest BCUT2D eigenvalue weighted by atomic mass is 10.0. The molecule has 1 heterocycles. The molecule has 0 saturated heterocycles. The molecule has 18 heavy (non-hydrogen) atoms. The van der Waals surface area contributed by atoms with Crippen molar-refractivity contribution >= 4 is 17.5 Å². The molecule has 0 atom stereocenters. The molecule has 2 rings (SSSR count). The highest BCUT2D eigenvalue weighted by molar-refractivity contribution is 6.33. The zero-order valence-corrected chi connectivity index (χ0v) is 11.2. The summed E-state index contributed by atoms with van der Waals surface area (Å²) >= 11 is 5.94. The normalized spacial score (nSPS) is 17.7. The van der Waals surface area contributed by atoms with Gasteiger partial charge in [0.1, 0.15) is 0 Å². The summed E-state index contributed by atoms with van der Waals surface area (Å²) in [4.78, 5) is 17.6. The van der Waals surface area contributed by atoms with Gasteiger partial charge in [0.15, 0.2) is 0 Å². The van der Waals surface area contributed by atoms with Crippen LogP contribution >= 0.6 is 11.6 Å². The van der Waals surface area contributed by atoms with Gasteiger partial charge in [0.2, 0.25) is 0 Å². The SMILES string of the molecule is CN(CC1(O)CCCC1)C(=O)c1ccncc1Cl. The molecule has 0 aromatic carbocycles. The van der Waals surface area contributed by atoms with Crippen LogP contribution in [0.15, 0.2) is 18.5 Å². The van der Waals surface area contributed by atoms with Crippen molar-refractivity contribution in [2.75, 3.05) is 13.6 Å². The number of carbonyl (C=O) groups excluding carboxylic acids is 1. The van der Waals surface area contributed by atoms with E-state index in [0.29, 0.717) is 17.1 Å². The van der Waals surface area contributed by atoms with E-state index in [-0.39, 0.29) is 5.91 Å². The average Bonchev–Trinajstić information content (AvgIpc) is 2.75. The summed E-state index contributed by atoms with van der Waals surface area (Å²) in [6, 6.07) is 1.60. The van der Waals surface area contributed by atoms with Crippen LogP contribution in [-0.2, 0) is 0 Å². The minimum Gasteiger partial charge on any atom is -0.388 e. The van der Waals surface area contributed by atoms with Crippen molar-refractivity contribution in [3.05, 3.63) is 29.0 Å². The van der Waals surface area contributed by atoms with Gasteiger partial charge in [-0.25, -0.2) is 0 Å². The smallest absolute Gasteiger partial charge is 0.255 e. The molecule has 0 bridgehead atoms. The second-order valence-corrected chi connectivity index (χ2v) is 5.36. The Morgan fingerprint density at radius 3 is 2.83 bits per heavy atom. The van der Waals surface area contributed by atoms with Crippen LogP contribution in [0.5, 0.6) is 0 Å². The molecule has 0 spiro atoms. The zero-order chi connectivity index (χ0) is 13.2. The Morgan fingerprint density at radius 2 is 2.22 bits per heavy atom. The number of aromatic nitrogens is 1. The van der Waals surface area contributed by atoms with Crippen LogP contribution in [-0.4, -0.2) is 40.1 Å². The van der Waals surface area contributed by atoms with Gasteiger partial charge in [0.05, 0.1) is 16.2 Å². The van der Waals surface area contributed by atoms with E-state index in [2.05, 4.69) is 4.98 Å². The first-order chi connectivity index (χ1) is 8.52. The van der Waals surface area contributed by atoms with Crippen LogP contribution in [0.3, 0.4) is 0 Å². The standard InChI is InChI=1S/C13H17ClN2O2/c1-16(9-13(18)5-2-3-6-13)12(17)10-4-7-15-8-11(10)14/h4,7-8,18H,2-3,5-6,9H2,1H3. The number of pyridine rings is 1. The number of hydrogen-bond acceptors (Lipinski definition) is 3.